The molecule has 15 heavy (non-hydrogen) atoms. The highest BCUT2D eigenvalue weighted by Crippen LogP contribution is 2.50. The topological polar surface area (TPSA) is 44.8 Å². The van der Waals surface area contributed by atoms with Crippen LogP contribution in [0.5, 0.6) is 0 Å². The van der Waals surface area contributed by atoms with Crippen LogP contribution >= 0.6 is 7.60 Å². The third kappa shape index (κ3) is 7.60. The molecule has 0 heterocycles. The van der Waals surface area contributed by atoms with E-state index in [1.54, 1.807) is 0 Å². The van der Waals surface area contributed by atoms with E-state index in [4.69, 9.17) is 13.8 Å². The van der Waals surface area contributed by atoms with Crippen molar-refractivity contribution in [2.24, 2.45) is 0 Å². The van der Waals surface area contributed by atoms with Gasteiger partial charge in [0.25, 0.3) is 0 Å². The molecule has 0 radical (unpaired) electrons. The molecule has 90 valence electrons. The lowest BCUT2D eigenvalue weighted by Gasteiger charge is -2.22. The summed E-state index contributed by atoms with van der Waals surface area (Å²) in [5.41, 5.74) is 0. The van der Waals surface area contributed by atoms with Crippen LogP contribution < -0.4 is 0 Å². The maximum absolute atomic E-state index is 12.2. The summed E-state index contributed by atoms with van der Waals surface area (Å²) >= 11 is 0. The summed E-state index contributed by atoms with van der Waals surface area (Å²) in [5, 5.41) is 0. The third-order valence-corrected chi connectivity index (χ3v) is 3.56. The molecular formula is C10H21O4P. The van der Waals surface area contributed by atoms with E-state index in [0.29, 0.717) is 6.61 Å². The Balaban J connectivity index is 4.27. The molecule has 0 unspecified atom stereocenters. The van der Waals surface area contributed by atoms with Gasteiger partial charge in [0.05, 0.1) is 31.2 Å². The highest BCUT2D eigenvalue weighted by atomic mass is 31.2. The zero-order valence-corrected chi connectivity index (χ0v) is 10.8. The molecule has 0 atom stereocenters. The Labute approximate surface area is 92.1 Å². The van der Waals surface area contributed by atoms with Crippen LogP contribution in [-0.4, -0.2) is 25.0 Å². The predicted molar refractivity (Wildman–Crippen MR) is 61.1 cm³/mol. The fourth-order valence-electron chi connectivity index (χ4n) is 1.02. The highest BCUT2D eigenvalue weighted by molar-refractivity contribution is 7.53. The first-order valence-electron chi connectivity index (χ1n) is 5.08. The van der Waals surface area contributed by atoms with Crippen LogP contribution in [0.15, 0.2) is 12.8 Å². The van der Waals surface area contributed by atoms with Gasteiger partial charge in [-0.2, -0.15) is 0 Å². The average molecular weight is 236 g/mol. The van der Waals surface area contributed by atoms with Gasteiger partial charge in [0.2, 0.25) is 0 Å². The molecular weight excluding hydrogens is 215 g/mol. The Morgan fingerprint density at radius 1 is 1.20 bits per heavy atom. The minimum absolute atomic E-state index is 0.127. The zero-order valence-electron chi connectivity index (χ0n) is 9.93. The molecule has 0 aromatic rings. The van der Waals surface area contributed by atoms with Gasteiger partial charge in [-0.05, 0) is 27.7 Å². The molecule has 0 aromatic carbocycles. The van der Waals surface area contributed by atoms with Crippen LogP contribution in [0.25, 0.3) is 0 Å². The summed E-state index contributed by atoms with van der Waals surface area (Å²) in [4.78, 5) is 0. The Morgan fingerprint density at radius 3 is 2.00 bits per heavy atom. The lowest BCUT2D eigenvalue weighted by Crippen LogP contribution is -2.12. The first-order chi connectivity index (χ1) is 6.89. The van der Waals surface area contributed by atoms with Gasteiger partial charge < -0.3 is 13.8 Å². The van der Waals surface area contributed by atoms with Crippen molar-refractivity contribution in [1.82, 2.24) is 0 Å². The van der Waals surface area contributed by atoms with E-state index in [0.717, 1.165) is 0 Å². The first-order valence-corrected chi connectivity index (χ1v) is 6.81. The van der Waals surface area contributed by atoms with Gasteiger partial charge in [0.1, 0.15) is 0 Å². The summed E-state index contributed by atoms with van der Waals surface area (Å²) in [7, 11) is -3.03. The van der Waals surface area contributed by atoms with E-state index in [9.17, 15) is 4.57 Å². The van der Waals surface area contributed by atoms with Crippen molar-refractivity contribution in [3.05, 3.63) is 12.8 Å². The highest BCUT2D eigenvalue weighted by Gasteiger charge is 2.27. The van der Waals surface area contributed by atoms with Crippen molar-refractivity contribution in [3.8, 4) is 0 Å². The van der Waals surface area contributed by atoms with Crippen LogP contribution in [0.1, 0.15) is 27.7 Å². The van der Waals surface area contributed by atoms with Gasteiger partial charge in [-0.15, -0.1) is 0 Å². The summed E-state index contributed by atoms with van der Waals surface area (Å²) < 4.78 is 27.7. The van der Waals surface area contributed by atoms with E-state index in [1.165, 1.54) is 6.26 Å². The summed E-state index contributed by atoms with van der Waals surface area (Å²) in [6.45, 7) is 11.0. The minimum Gasteiger partial charge on any atom is -0.501 e. The first kappa shape index (κ1) is 14.7. The quantitative estimate of drug-likeness (QED) is 0.369. The average Bonchev–Trinajstić information content (AvgIpc) is 2.00. The van der Waals surface area contributed by atoms with Gasteiger partial charge in [-0.3, -0.25) is 4.57 Å². The van der Waals surface area contributed by atoms with Crippen LogP contribution in [0.3, 0.4) is 0 Å². The van der Waals surface area contributed by atoms with Crippen LogP contribution in [0, 0.1) is 0 Å². The van der Waals surface area contributed by atoms with Crippen LogP contribution in [0.4, 0.5) is 0 Å². The predicted octanol–water partition coefficient (Wildman–Crippen LogP) is 3.19. The molecule has 0 rings (SSSR count). The maximum atomic E-state index is 12.2. The van der Waals surface area contributed by atoms with Gasteiger partial charge in [0, 0.05) is 0 Å². The fourth-order valence-corrected chi connectivity index (χ4v) is 2.89. The molecule has 0 bridgehead atoms. The van der Waals surface area contributed by atoms with Crippen LogP contribution in [0.2, 0.25) is 0 Å². The van der Waals surface area contributed by atoms with Gasteiger partial charge in [-0.1, -0.05) is 6.58 Å². The van der Waals surface area contributed by atoms with Crippen molar-refractivity contribution in [1.29, 1.82) is 0 Å². The van der Waals surface area contributed by atoms with Crippen LogP contribution in [-0.2, 0) is 18.3 Å². The van der Waals surface area contributed by atoms with Crippen molar-refractivity contribution in [2.45, 2.75) is 39.9 Å². The second-order valence-corrected chi connectivity index (χ2v) is 5.77. The molecule has 0 aromatic heterocycles. The second-order valence-electron chi connectivity index (χ2n) is 3.68. The molecule has 0 saturated carbocycles. The monoisotopic (exact) mass is 236 g/mol. The summed E-state index contributed by atoms with van der Waals surface area (Å²) in [5.74, 6) is 0. The molecule has 0 spiro atoms. The van der Waals surface area contributed by atoms with E-state index in [1.807, 2.05) is 27.7 Å². The molecule has 0 amide bonds. The Bertz CT molecular complexity index is 211. The molecule has 4 nitrogen and oxygen atoms in total. The largest absolute Gasteiger partial charge is 0.501 e. The molecule has 0 N–H and O–H groups in total. The zero-order chi connectivity index (χ0) is 11.9. The molecule has 0 saturated heterocycles. The Morgan fingerprint density at radius 2 is 1.67 bits per heavy atom. The molecule has 0 fully saturated rings. The minimum atomic E-state index is -3.03. The lowest BCUT2D eigenvalue weighted by molar-refractivity contribution is 0.137. The SMILES string of the molecule is C=COCCP(=O)(OC(C)C)OC(C)C. The Kier molecular flexibility index (Phi) is 6.90. The molecule has 0 aliphatic carbocycles. The smallest absolute Gasteiger partial charge is 0.334 e. The van der Waals surface area contributed by atoms with Gasteiger partial charge >= 0.3 is 7.60 Å². The number of hydrogen-bond acceptors (Lipinski definition) is 4. The lowest BCUT2D eigenvalue weighted by atomic mass is 10.5. The fraction of sp³-hybridized carbons (Fsp3) is 0.800. The van der Waals surface area contributed by atoms with Crippen molar-refractivity contribution in [3.63, 3.8) is 0 Å². The maximum Gasteiger partial charge on any atom is 0.334 e. The molecule has 5 heteroatoms. The normalized spacial score (nSPS) is 12.1. The standard InChI is InChI=1S/C10H21O4P/c1-6-12-7-8-15(11,13-9(2)3)14-10(4)5/h6,9-10H,1,7-8H2,2-5H3. The van der Waals surface area contributed by atoms with Crippen molar-refractivity contribution >= 4 is 7.60 Å². The van der Waals surface area contributed by atoms with E-state index in [2.05, 4.69) is 6.58 Å². The molecule has 0 aliphatic rings. The van der Waals surface area contributed by atoms with Crippen molar-refractivity contribution < 1.29 is 18.3 Å². The number of hydrogen-bond donors (Lipinski definition) is 0. The van der Waals surface area contributed by atoms with E-state index < -0.39 is 7.60 Å². The summed E-state index contributed by atoms with van der Waals surface area (Å²) in [6, 6.07) is 0. The van der Waals surface area contributed by atoms with Gasteiger partial charge in [-0.25, -0.2) is 0 Å². The molecule has 0 aliphatic heterocycles. The number of ether oxygens (including phenoxy) is 1. The number of rotatable bonds is 8. The third-order valence-electron chi connectivity index (χ3n) is 1.34. The Hall–Kier alpha value is -0.310. The van der Waals surface area contributed by atoms with Crippen molar-refractivity contribution in [2.75, 3.05) is 12.8 Å². The van der Waals surface area contributed by atoms with E-state index >= 15 is 0 Å². The second kappa shape index (κ2) is 7.04. The summed E-state index contributed by atoms with van der Waals surface area (Å²) in [6.07, 6.45) is 1.31. The van der Waals surface area contributed by atoms with E-state index in [-0.39, 0.29) is 18.4 Å². The van der Waals surface area contributed by atoms with Gasteiger partial charge in [0.15, 0.2) is 0 Å².